The fourth-order valence-corrected chi connectivity index (χ4v) is 3.30. The molecule has 0 bridgehead atoms. The highest BCUT2D eigenvalue weighted by Crippen LogP contribution is 2.27. The van der Waals surface area contributed by atoms with Gasteiger partial charge in [-0.3, -0.25) is 4.79 Å². The fraction of sp³-hybridized carbons (Fsp3) is 0.458. The zero-order valence-corrected chi connectivity index (χ0v) is 17.2. The van der Waals surface area contributed by atoms with E-state index >= 15 is 0 Å². The van der Waals surface area contributed by atoms with E-state index in [1.165, 1.54) is 5.56 Å². The SMILES string of the molecule is Cc1ccc(NC(=O)CCCOCCc2ccccc2)c(OCC2CCCO2)c1. The molecule has 1 amide bonds. The van der Waals surface area contributed by atoms with Gasteiger partial charge in [0.1, 0.15) is 12.4 Å². The number of nitrogens with one attached hydrogen (secondary N) is 1. The van der Waals surface area contributed by atoms with Crippen LogP contribution in [0.4, 0.5) is 5.69 Å². The molecule has 1 fully saturated rings. The predicted molar refractivity (Wildman–Crippen MR) is 114 cm³/mol. The highest BCUT2D eigenvalue weighted by molar-refractivity contribution is 5.92. The molecule has 3 rings (SSSR count). The van der Waals surface area contributed by atoms with Gasteiger partial charge in [-0.1, -0.05) is 36.4 Å². The lowest BCUT2D eigenvalue weighted by atomic mass is 10.2. The van der Waals surface area contributed by atoms with E-state index in [1.807, 2.05) is 43.3 Å². The molecule has 1 aliphatic rings. The molecule has 1 saturated heterocycles. The van der Waals surface area contributed by atoms with E-state index in [-0.39, 0.29) is 12.0 Å². The first-order valence-corrected chi connectivity index (χ1v) is 10.5. The van der Waals surface area contributed by atoms with Crippen LogP contribution in [0.3, 0.4) is 0 Å². The zero-order chi connectivity index (χ0) is 20.3. The third-order valence-corrected chi connectivity index (χ3v) is 4.93. The second kappa shape index (κ2) is 11.6. The monoisotopic (exact) mass is 397 g/mol. The first kappa shape index (κ1) is 21.3. The Morgan fingerprint density at radius 3 is 2.83 bits per heavy atom. The van der Waals surface area contributed by atoms with Gasteiger partial charge in [0.2, 0.25) is 5.91 Å². The van der Waals surface area contributed by atoms with Crippen LogP contribution >= 0.6 is 0 Å². The van der Waals surface area contributed by atoms with Crippen molar-refractivity contribution in [1.29, 1.82) is 0 Å². The molecule has 1 aliphatic heterocycles. The Bertz CT molecular complexity index is 757. The van der Waals surface area contributed by atoms with Crippen molar-refractivity contribution in [2.24, 2.45) is 0 Å². The largest absolute Gasteiger partial charge is 0.489 e. The van der Waals surface area contributed by atoms with Crippen molar-refractivity contribution >= 4 is 11.6 Å². The molecular formula is C24H31NO4. The third kappa shape index (κ3) is 7.52. The maximum Gasteiger partial charge on any atom is 0.224 e. The summed E-state index contributed by atoms with van der Waals surface area (Å²) in [6, 6.07) is 16.1. The first-order valence-electron chi connectivity index (χ1n) is 10.5. The number of rotatable bonds is 11. The van der Waals surface area contributed by atoms with Crippen LogP contribution < -0.4 is 10.1 Å². The van der Waals surface area contributed by atoms with Crippen LogP contribution in [0, 0.1) is 6.92 Å². The molecule has 2 aromatic rings. The summed E-state index contributed by atoms with van der Waals surface area (Å²) in [4.78, 5) is 12.3. The van der Waals surface area contributed by atoms with E-state index in [2.05, 4.69) is 17.4 Å². The molecule has 156 valence electrons. The number of amides is 1. The van der Waals surface area contributed by atoms with Crippen LogP contribution in [0.1, 0.15) is 36.8 Å². The molecule has 0 saturated carbocycles. The summed E-state index contributed by atoms with van der Waals surface area (Å²) in [5.41, 5.74) is 3.07. The Hall–Kier alpha value is -2.37. The molecule has 0 aromatic heterocycles. The van der Waals surface area contributed by atoms with Gasteiger partial charge >= 0.3 is 0 Å². The summed E-state index contributed by atoms with van der Waals surface area (Å²) in [6.07, 6.45) is 4.26. The van der Waals surface area contributed by atoms with Crippen molar-refractivity contribution in [2.75, 3.05) is 31.7 Å². The van der Waals surface area contributed by atoms with E-state index < -0.39 is 0 Å². The lowest BCUT2D eigenvalue weighted by Crippen LogP contribution is -2.18. The molecule has 5 heteroatoms. The number of anilines is 1. The number of carbonyl (C=O) groups excluding carboxylic acids is 1. The quantitative estimate of drug-likeness (QED) is 0.566. The van der Waals surface area contributed by atoms with Crippen molar-refractivity contribution < 1.29 is 19.0 Å². The van der Waals surface area contributed by atoms with Crippen LogP contribution in [0.5, 0.6) is 5.75 Å². The second-order valence-corrected chi connectivity index (χ2v) is 7.45. The van der Waals surface area contributed by atoms with Gasteiger partial charge in [0, 0.05) is 19.6 Å². The summed E-state index contributed by atoms with van der Waals surface area (Å²) >= 11 is 0. The zero-order valence-electron chi connectivity index (χ0n) is 17.2. The molecule has 1 atom stereocenters. The van der Waals surface area contributed by atoms with Crippen molar-refractivity contribution in [3.63, 3.8) is 0 Å². The van der Waals surface area contributed by atoms with Gasteiger partial charge in [0.25, 0.3) is 0 Å². The number of aryl methyl sites for hydroxylation is 1. The van der Waals surface area contributed by atoms with E-state index in [4.69, 9.17) is 14.2 Å². The van der Waals surface area contributed by atoms with Crippen LogP contribution in [0.25, 0.3) is 0 Å². The summed E-state index contributed by atoms with van der Waals surface area (Å²) in [6.45, 7) is 4.58. The Kier molecular flexibility index (Phi) is 8.53. The van der Waals surface area contributed by atoms with Crippen LogP contribution in [-0.4, -0.2) is 38.4 Å². The Balaban J connectivity index is 1.37. The Morgan fingerprint density at radius 1 is 1.17 bits per heavy atom. The van der Waals surface area contributed by atoms with Crippen LogP contribution in [-0.2, 0) is 20.7 Å². The lowest BCUT2D eigenvalue weighted by Gasteiger charge is -2.16. The van der Waals surface area contributed by atoms with E-state index in [0.717, 1.165) is 31.4 Å². The van der Waals surface area contributed by atoms with Gasteiger partial charge in [0.05, 0.1) is 18.4 Å². The molecule has 0 aliphatic carbocycles. The summed E-state index contributed by atoms with van der Waals surface area (Å²) in [5, 5.41) is 2.97. The maximum absolute atomic E-state index is 12.3. The van der Waals surface area contributed by atoms with Gasteiger partial charge in [0.15, 0.2) is 0 Å². The van der Waals surface area contributed by atoms with Crippen LogP contribution in [0.15, 0.2) is 48.5 Å². The Labute approximate surface area is 173 Å². The molecule has 1 unspecified atom stereocenters. The average Bonchev–Trinajstić information content (AvgIpc) is 3.25. The molecule has 2 aromatic carbocycles. The number of hydrogen-bond donors (Lipinski definition) is 1. The van der Waals surface area contributed by atoms with Gasteiger partial charge in [-0.05, 0) is 55.9 Å². The molecule has 29 heavy (non-hydrogen) atoms. The topological polar surface area (TPSA) is 56.8 Å². The van der Waals surface area contributed by atoms with Crippen molar-refractivity contribution in [3.8, 4) is 5.75 Å². The summed E-state index contributed by atoms with van der Waals surface area (Å²) < 4.78 is 17.2. The molecule has 0 radical (unpaired) electrons. The standard InChI is InChI=1S/C24H31NO4/c1-19-11-12-22(23(17-19)29-18-21-9-5-15-28-21)25-24(26)10-6-14-27-16-13-20-7-3-2-4-8-20/h2-4,7-8,11-12,17,21H,5-6,9-10,13-16,18H2,1H3,(H,25,26). The molecule has 1 N–H and O–H groups in total. The minimum absolute atomic E-state index is 0.0255. The highest BCUT2D eigenvalue weighted by atomic mass is 16.5. The minimum atomic E-state index is -0.0255. The van der Waals surface area contributed by atoms with Gasteiger partial charge in [-0.2, -0.15) is 0 Å². The first-order chi connectivity index (χ1) is 14.2. The number of carbonyl (C=O) groups is 1. The lowest BCUT2D eigenvalue weighted by molar-refractivity contribution is -0.116. The second-order valence-electron chi connectivity index (χ2n) is 7.45. The van der Waals surface area contributed by atoms with E-state index in [9.17, 15) is 4.79 Å². The fourth-order valence-electron chi connectivity index (χ4n) is 3.30. The Morgan fingerprint density at radius 2 is 2.03 bits per heavy atom. The normalized spacial score (nSPS) is 16.0. The van der Waals surface area contributed by atoms with Gasteiger partial charge < -0.3 is 19.5 Å². The summed E-state index contributed by atoms with van der Waals surface area (Å²) in [7, 11) is 0. The van der Waals surface area contributed by atoms with E-state index in [1.54, 1.807) is 0 Å². The van der Waals surface area contributed by atoms with Crippen molar-refractivity contribution in [3.05, 3.63) is 59.7 Å². The number of benzene rings is 2. The molecule has 5 nitrogen and oxygen atoms in total. The smallest absolute Gasteiger partial charge is 0.224 e. The van der Waals surface area contributed by atoms with Gasteiger partial charge in [-0.25, -0.2) is 0 Å². The predicted octanol–water partition coefficient (Wildman–Crippen LogP) is 4.53. The molecule has 0 spiro atoms. The maximum atomic E-state index is 12.3. The summed E-state index contributed by atoms with van der Waals surface area (Å²) in [5.74, 6) is 0.676. The highest BCUT2D eigenvalue weighted by Gasteiger charge is 2.17. The van der Waals surface area contributed by atoms with Crippen LogP contribution in [0.2, 0.25) is 0 Å². The van der Waals surface area contributed by atoms with Gasteiger partial charge in [-0.15, -0.1) is 0 Å². The van der Waals surface area contributed by atoms with Crippen molar-refractivity contribution in [1.82, 2.24) is 0 Å². The average molecular weight is 398 g/mol. The number of ether oxygens (including phenoxy) is 3. The van der Waals surface area contributed by atoms with Crippen molar-refractivity contribution in [2.45, 2.75) is 45.1 Å². The molecular weight excluding hydrogens is 366 g/mol. The third-order valence-electron chi connectivity index (χ3n) is 4.93. The minimum Gasteiger partial charge on any atom is -0.489 e. The molecule has 1 heterocycles. The van der Waals surface area contributed by atoms with E-state index in [0.29, 0.717) is 44.1 Å². The number of hydrogen-bond acceptors (Lipinski definition) is 4.